The van der Waals surface area contributed by atoms with Crippen molar-refractivity contribution < 1.29 is 17.9 Å². The van der Waals surface area contributed by atoms with E-state index in [2.05, 4.69) is 10.0 Å². The lowest BCUT2D eigenvalue weighted by Crippen LogP contribution is -2.20. The maximum Gasteiger partial charge on any atom is 0.261 e. The number of amides is 1. The molecule has 25 heavy (non-hydrogen) atoms. The maximum absolute atomic E-state index is 12.8. The van der Waals surface area contributed by atoms with E-state index in [1.54, 1.807) is 12.1 Å². The van der Waals surface area contributed by atoms with Gasteiger partial charge < -0.3 is 10.1 Å². The van der Waals surface area contributed by atoms with Gasteiger partial charge in [0.05, 0.1) is 23.3 Å². The van der Waals surface area contributed by atoms with Gasteiger partial charge in [-0.1, -0.05) is 32.0 Å². The highest BCUT2D eigenvalue weighted by molar-refractivity contribution is 7.92. The fourth-order valence-electron chi connectivity index (χ4n) is 2.46. The number of methoxy groups -OCH3 is 1. The molecular weight excluding hydrogens is 340 g/mol. The Bertz CT molecular complexity index is 876. The summed E-state index contributed by atoms with van der Waals surface area (Å²) in [5, 5.41) is 2.47. The van der Waals surface area contributed by atoms with E-state index < -0.39 is 15.9 Å². The van der Waals surface area contributed by atoms with Gasteiger partial charge in [-0.15, -0.1) is 0 Å². The highest BCUT2D eigenvalue weighted by Gasteiger charge is 2.20. The van der Waals surface area contributed by atoms with Crippen LogP contribution >= 0.6 is 0 Å². The number of hydrogen-bond donors (Lipinski definition) is 2. The van der Waals surface area contributed by atoms with Crippen molar-refractivity contribution in [2.24, 2.45) is 0 Å². The SMILES string of the molecule is CNC(=O)c1cc(S(=O)(=O)Nc2ccccc2C(C)C)ccc1OC. The number of hydrogen-bond acceptors (Lipinski definition) is 4. The van der Waals surface area contributed by atoms with E-state index in [0.717, 1.165) is 5.56 Å². The zero-order valence-electron chi connectivity index (χ0n) is 14.7. The summed E-state index contributed by atoms with van der Waals surface area (Å²) in [6.45, 7) is 3.98. The van der Waals surface area contributed by atoms with Gasteiger partial charge in [0, 0.05) is 7.05 Å². The summed E-state index contributed by atoms with van der Waals surface area (Å²) in [5.74, 6) is 0.0496. The number of ether oxygens (including phenoxy) is 1. The summed E-state index contributed by atoms with van der Waals surface area (Å²) in [5.41, 5.74) is 1.57. The Morgan fingerprint density at radius 3 is 2.40 bits per heavy atom. The monoisotopic (exact) mass is 362 g/mol. The van der Waals surface area contributed by atoms with E-state index in [-0.39, 0.29) is 16.4 Å². The van der Waals surface area contributed by atoms with Crippen LogP contribution in [0.15, 0.2) is 47.4 Å². The molecule has 0 heterocycles. The van der Waals surface area contributed by atoms with Gasteiger partial charge in [0.1, 0.15) is 5.75 Å². The highest BCUT2D eigenvalue weighted by atomic mass is 32.2. The summed E-state index contributed by atoms with van der Waals surface area (Å²) in [6.07, 6.45) is 0. The van der Waals surface area contributed by atoms with Crippen molar-refractivity contribution in [2.75, 3.05) is 18.9 Å². The molecule has 6 nitrogen and oxygen atoms in total. The Kier molecular flexibility index (Phi) is 5.69. The molecule has 0 fully saturated rings. The standard InChI is InChI=1S/C18H22N2O4S/c1-12(2)14-7-5-6-8-16(14)20-25(22,23)13-9-10-17(24-4)15(11-13)18(21)19-3/h5-12,20H,1-4H3,(H,19,21). The quantitative estimate of drug-likeness (QED) is 0.827. The van der Waals surface area contributed by atoms with Gasteiger partial charge >= 0.3 is 0 Å². The molecule has 2 rings (SSSR count). The first-order valence-electron chi connectivity index (χ1n) is 7.82. The molecule has 7 heteroatoms. The first-order valence-corrected chi connectivity index (χ1v) is 9.30. The molecule has 134 valence electrons. The van der Waals surface area contributed by atoms with Crippen LogP contribution in [0.3, 0.4) is 0 Å². The second-order valence-corrected chi connectivity index (χ2v) is 7.47. The molecule has 2 aromatic carbocycles. The molecule has 0 atom stereocenters. The molecule has 0 saturated carbocycles. The molecule has 1 amide bonds. The Hall–Kier alpha value is -2.54. The molecule has 2 N–H and O–H groups in total. The van der Waals surface area contributed by atoms with Crippen LogP contribution in [0.5, 0.6) is 5.75 Å². The molecular formula is C18H22N2O4S. The lowest BCUT2D eigenvalue weighted by Gasteiger charge is -2.16. The Balaban J connectivity index is 2.46. The normalized spacial score (nSPS) is 11.2. The largest absolute Gasteiger partial charge is 0.496 e. The molecule has 0 radical (unpaired) electrons. The zero-order valence-corrected chi connectivity index (χ0v) is 15.5. The van der Waals surface area contributed by atoms with E-state index in [4.69, 9.17) is 4.74 Å². The first kappa shape index (κ1) is 18.8. The summed E-state index contributed by atoms with van der Waals surface area (Å²) in [7, 11) is -0.948. The molecule has 0 unspecified atom stereocenters. The number of nitrogens with one attached hydrogen (secondary N) is 2. The van der Waals surface area contributed by atoms with E-state index in [9.17, 15) is 13.2 Å². The lowest BCUT2D eigenvalue weighted by atomic mass is 10.0. The first-order chi connectivity index (χ1) is 11.8. The maximum atomic E-state index is 12.8. The number of sulfonamides is 1. The van der Waals surface area contributed by atoms with E-state index in [1.807, 2.05) is 26.0 Å². The average Bonchev–Trinajstić information content (AvgIpc) is 2.60. The molecule has 2 aromatic rings. The fourth-order valence-corrected chi connectivity index (χ4v) is 3.58. The number of anilines is 1. The lowest BCUT2D eigenvalue weighted by molar-refractivity contribution is 0.0960. The minimum atomic E-state index is -3.84. The highest BCUT2D eigenvalue weighted by Crippen LogP contribution is 2.28. The molecule has 0 saturated heterocycles. The Morgan fingerprint density at radius 2 is 1.80 bits per heavy atom. The Labute approximate surface area is 148 Å². The summed E-state index contributed by atoms with van der Waals surface area (Å²) >= 11 is 0. The number of para-hydroxylation sites is 1. The minimum Gasteiger partial charge on any atom is -0.496 e. The van der Waals surface area contributed by atoms with Crippen LogP contribution in [0.1, 0.15) is 35.7 Å². The number of carbonyl (C=O) groups is 1. The van der Waals surface area contributed by atoms with Crippen LogP contribution in [-0.4, -0.2) is 28.5 Å². The molecule has 0 aliphatic heterocycles. The van der Waals surface area contributed by atoms with Crippen molar-refractivity contribution >= 4 is 21.6 Å². The third-order valence-electron chi connectivity index (χ3n) is 3.78. The topological polar surface area (TPSA) is 84.5 Å². The van der Waals surface area contributed by atoms with E-state index >= 15 is 0 Å². The van der Waals surface area contributed by atoms with E-state index in [0.29, 0.717) is 11.4 Å². The van der Waals surface area contributed by atoms with E-state index in [1.165, 1.54) is 32.4 Å². The van der Waals surface area contributed by atoms with Gasteiger partial charge in [0.15, 0.2) is 0 Å². The second kappa shape index (κ2) is 7.57. The smallest absolute Gasteiger partial charge is 0.261 e. The minimum absolute atomic E-state index is 0.00883. The molecule has 0 bridgehead atoms. The molecule has 0 spiro atoms. The van der Waals surface area contributed by atoms with Crippen LogP contribution in [0, 0.1) is 0 Å². The van der Waals surface area contributed by atoms with Gasteiger partial charge in [-0.3, -0.25) is 9.52 Å². The molecule has 0 aliphatic carbocycles. The van der Waals surface area contributed by atoms with Crippen molar-refractivity contribution in [1.82, 2.24) is 5.32 Å². The predicted molar refractivity (Wildman–Crippen MR) is 97.7 cm³/mol. The number of carbonyl (C=O) groups excluding carboxylic acids is 1. The van der Waals surface area contributed by atoms with Crippen LogP contribution < -0.4 is 14.8 Å². The van der Waals surface area contributed by atoms with Gasteiger partial charge in [0.2, 0.25) is 0 Å². The predicted octanol–water partition coefficient (Wildman–Crippen LogP) is 2.98. The van der Waals surface area contributed by atoms with Crippen molar-refractivity contribution in [3.05, 3.63) is 53.6 Å². The van der Waals surface area contributed by atoms with Crippen LogP contribution in [0.25, 0.3) is 0 Å². The van der Waals surface area contributed by atoms with Gasteiger partial charge in [-0.2, -0.15) is 0 Å². The summed E-state index contributed by atoms with van der Waals surface area (Å²) in [6, 6.07) is 11.4. The summed E-state index contributed by atoms with van der Waals surface area (Å²) < 4.78 is 33.2. The van der Waals surface area contributed by atoms with Crippen molar-refractivity contribution in [3.8, 4) is 5.75 Å². The summed E-state index contributed by atoms with van der Waals surface area (Å²) in [4.78, 5) is 12.0. The second-order valence-electron chi connectivity index (χ2n) is 5.79. The van der Waals surface area contributed by atoms with Gasteiger partial charge in [0.25, 0.3) is 15.9 Å². The fraction of sp³-hybridized carbons (Fsp3) is 0.278. The number of benzene rings is 2. The zero-order chi connectivity index (χ0) is 18.6. The third-order valence-corrected chi connectivity index (χ3v) is 5.14. The van der Waals surface area contributed by atoms with Crippen LogP contribution in [0.2, 0.25) is 0 Å². The van der Waals surface area contributed by atoms with Gasteiger partial charge in [-0.25, -0.2) is 8.42 Å². The van der Waals surface area contributed by atoms with Crippen molar-refractivity contribution in [1.29, 1.82) is 0 Å². The van der Waals surface area contributed by atoms with Gasteiger partial charge in [-0.05, 0) is 35.7 Å². The van der Waals surface area contributed by atoms with Crippen molar-refractivity contribution in [3.63, 3.8) is 0 Å². The average molecular weight is 362 g/mol. The Morgan fingerprint density at radius 1 is 1.12 bits per heavy atom. The third kappa shape index (κ3) is 4.11. The number of rotatable bonds is 6. The van der Waals surface area contributed by atoms with Crippen LogP contribution in [0.4, 0.5) is 5.69 Å². The van der Waals surface area contributed by atoms with Crippen molar-refractivity contribution in [2.45, 2.75) is 24.7 Å². The van der Waals surface area contributed by atoms with Crippen LogP contribution in [-0.2, 0) is 10.0 Å². The molecule has 0 aromatic heterocycles. The molecule has 0 aliphatic rings.